The summed E-state index contributed by atoms with van der Waals surface area (Å²) in [6, 6.07) is 4.09. The number of nitrogens with zero attached hydrogens (tertiary/aromatic N) is 2. The minimum Gasteiger partial charge on any atom is -0.335 e. The zero-order valence-electron chi connectivity index (χ0n) is 15.5. The largest absolute Gasteiger partial charge is 0.389 e. The van der Waals surface area contributed by atoms with Crippen LogP contribution in [0.4, 0.5) is 13.2 Å². The second-order valence-electron chi connectivity index (χ2n) is 7.07. The molecule has 1 aliphatic carbocycles. The SMILES string of the molecule is Cc1cc(C)c(C)c(C2=C3C=CC(CCC(F)(F)F)=CC3N=CN2C)c1. The predicted molar refractivity (Wildman–Crippen MR) is 100 cm³/mol. The number of benzene rings is 1. The average Bonchev–Trinajstić information content (AvgIpc) is 2.56. The van der Waals surface area contributed by atoms with Crippen molar-refractivity contribution in [1.82, 2.24) is 4.90 Å². The molecule has 0 aromatic heterocycles. The van der Waals surface area contributed by atoms with Crippen LogP contribution in [-0.4, -0.2) is 30.5 Å². The van der Waals surface area contributed by atoms with Gasteiger partial charge < -0.3 is 4.90 Å². The highest BCUT2D eigenvalue weighted by molar-refractivity contribution is 5.85. The molecule has 3 rings (SSSR count). The van der Waals surface area contributed by atoms with Crippen molar-refractivity contribution < 1.29 is 13.2 Å². The number of rotatable bonds is 3. The number of alkyl halides is 3. The highest BCUT2D eigenvalue weighted by atomic mass is 19.4. The van der Waals surface area contributed by atoms with E-state index >= 15 is 0 Å². The fourth-order valence-corrected chi connectivity index (χ4v) is 3.50. The van der Waals surface area contributed by atoms with Crippen molar-refractivity contribution in [3.8, 4) is 0 Å². The summed E-state index contributed by atoms with van der Waals surface area (Å²) in [7, 11) is 1.95. The normalized spacial score (nSPS) is 19.7. The van der Waals surface area contributed by atoms with Crippen LogP contribution in [0.3, 0.4) is 0 Å². The Labute approximate surface area is 152 Å². The van der Waals surface area contributed by atoms with Crippen LogP contribution in [0.5, 0.6) is 0 Å². The van der Waals surface area contributed by atoms with Crippen molar-refractivity contribution in [1.29, 1.82) is 0 Å². The molecule has 0 amide bonds. The molecule has 0 bridgehead atoms. The number of halogens is 3. The first kappa shape index (κ1) is 18.5. The maximum atomic E-state index is 12.5. The molecule has 0 fully saturated rings. The zero-order valence-corrected chi connectivity index (χ0v) is 15.5. The topological polar surface area (TPSA) is 15.6 Å². The van der Waals surface area contributed by atoms with Gasteiger partial charge in [-0.25, -0.2) is 0 Å². The number of aliphatic imine (C=N–C) groups is 1. The molecule has 0 radical (unpaired) electrons. The Bertz CT molecular complexity index is 842. The van der Waals surface area contributed by atoms with E-state index in [1.54, 1.807) is 12.4 Å². The van der Waals surface area contributed by atoms with Crippen LogP contribution in [0.15, 0.2) is 46.5 Å². The van der Waals surface area contributed by atoms with Gasteiger partial charge in [0.2, 0.25) is 0 Å². The average molecular weight is 360 g/mol. The third kappa shape index (κ3) is 3.76. The molecule has 1 aliphatic heterocycles. The molecule has 0 spiro atoms. The van der Waals surface area contributed by atoms with Crippen molar-refractivity contribution in [3.63, 3.8) is 0 Å². The van der Waals surface area contributed by atoms with Gasteiger partial charge in [-0.3, -0.25) is 4.99 Å². The van der Waals surface area contributed by atoms with Gasteiger partial charge in [-0.1, -0.05) is 29.9 Å². The molecule has 0 N–H and O–H groups in total. The second kappa shape index (κ2) is 6.78. The summed E-state index contributed by atoms with van der Waals surface area (Å²) >= 11 is 0. The Morgan fingerprint density at radius 1 is 1.12 bits per heavy atom. The van der Waals surface area contributed by atoms with Crippen LogP contribution in [0, 0.1) is 20.8 Å². The molecule has 0 saturated carbocycles. The second-order valence-corrected chi connectivity index (χ2v) is 7.07. The standard InChI is InChI=1S/C21H23F3N2/c1-13-9-14(2)15(3)18(10-13)20-17-6-5-16(7-8-21(22,23)24)11-19(17)25-12-26(20)4/h5-6,9-12,19H,7-8H2,1-4H3. The number of fused-ring (bicyclic) bond motifs is 1. The van der Waals surface area contributed by atoms with Crippen LogP contribution in [0.25, 0.3) is 5.70 Å². The summed E-state index contributed by atoms with van der Waals surface area (Å²) in [5.74, 6) is 0. The highest BCUT2D eigenvalue weighted by Crippen LogP contribution is 2.36. The van der Waals surface area contributed by atoms with Gasteiger partial charge >= 0.3 is 6.18 Å². The lowest BCUT2D eigenvalue weighted by Gasteiger charge is -2.31. The molecule has 1 aromatic rings. The Morgan fingerprint density at radius 2 is 1.85 bits per heavy atom. The maximum absolute atomic E-state index is 12.5. The predicted octanol–water partition coefficient (Wildman–Crippen LogP) is 5.50. The monoisotopic (exact) mass is 360 g/mol. The molecular formula is C21H23F3N2. The Balaban J connectivity index is 1.99. The summed E-state index contributed by atoms with van der Waals surface area (Å²) in [6.07, 6.45) is 2.39. The highest BCUT2D eigenvalue weighted by Gasteiger charge is 2.29. The van der Waals surface area contributed by atoms with E-state index in [1.165, 1.54) is 16.7 Å². The van der Waals surface area contributed by atoms with Gasteiger partial charge in [-0.2, -0.15) is 13.2 Å². The van der Waals surface area contributed by atoms with Crippen LogP contribution in [0.2, 0.25) is 0 Å². The van der Waals surface area contributed by atoms with Gasteiger partial charge in [0.15, 0.2) is 0 Å². The smallest absolute Gasteiger partial charge is 0.335 e. The number of hydrogen-bond donors (Lipinski definition) is 0. The maximum Gasteiger partial charge on any atom is 0.389 e. The van der Waals surface area contributed by atoms with Crippen LogP contribution >= 0.6 is 0 Å². The van der Waals surface area contributed by atoms with E-state index in [0.29, 0.717) is 5.57 Å². The van der Waals surface area contributed by atoms with Gasteiger partial charge in [-0.15, -0.1) is 0 Å². The quantitative estimate of drug-likeness (QED) is 0.694. The molecule has 1 heterocycles. The summed E-state index contributed by atoms with van der Waals surface area (Å²) in [4.78, 5) is 6.50. The number of allylic oxidation sites excluding steroid dienone is 2. The lowest BCUT2D eigenvalue weighted by Crippen LogP contribution is -2.27. The molecule has 2 nitrogen and oxygen atoms in total. The van der Waals surface area contributed by atoms with Crippen molar-refractivity contribution in [3.05, 3.63) is 63.8 Å². The fraction of sp³-hybridized carbons (Fsp3) is 0.381. The summed E-state index contributed by atoms with van der Waals surface area (Å²) in [6.45, 7) is 6.27. The zero-order chi connectivity index (χ0) is 19.1. The molecule has 2 aliphatic rings. The van der Waals surface area contributed by atoms with E-state index in [0.717, 1.165) is 16.8 Å². The van der Waals surface area contributed by atoms with Gasteiger partial charge in [-0.05, 0) is 50.0 Å². The first-order valence-electron chi connectivity index (χ1n) is 8.70. The summed E-state index contributed by atoms with van der Waals surface area (Å²) in [5.41, 5.74) is 7.55. The minimum atomic E-state index is -4.14. The van der Waals surface area contributed by atoms with Gasteiger partial charge in [0, 0.05) is 24.6 Å². The molecular weight excluding hydrogens is 337 g/mol. The van der Waals surface area contributed by atoms with Crippen LogP contribution < -0.4 is 0 Å². The Morgan fingerprint density at radius 3 is 2.54 bits per heavy atom. The van der Waals surface area contributed by atoms with E-state index in [9.17, 15) is 13.2 Å². The van der Waals surface area contributed by atoms with E-state index in [-0.39, 0.29) is 12.5 Å². The van der Waals surface area contributed by atoms with Crippen molar-refractivity contribution in [2.24, 2.45) is 4.99 Å². The molecule has 1 atom stereocenters. The third-order valence-electron chi connectivity index (χ3n) is 4.96. The first-order chi connectivity index (χ1) is 12.2. The number of aryl methyl sites for hydroxylation is 2. The summed E-state index contributed by atoms with van der Waals surface area (Å²) < 4.78 is 37.5. The molecule has 26 heavy (non-hydrogen) atoms. The molecule has 0 saturated heterocycles. The van der Waals surface area contributed by atoms with Gasteiger partial charge in [0.1, 0.15) is 0 Å². The molecule has 5 heteroatoms. The van der Waals surface area contributed by atoms with Gasteiger partial charge in [0.05, 0.1) is 18.1 Å². The lowest BCUT2D eigenvalue weighted by atomic mass is 9.88. The van der Waals surface area contributed by atoms with Crippen molar-refractivity contribution >= 4 is 12.0 Å². The van der Waals surface area contributed by atoms with Gasteiger partial charge in [0.25, 0.3) is 0 Å². The third-order valence-corrected chi connectivity index (χ3v) is 4.96. The van der Waals surface area contributed by atoms with E-state index in [1.807, 2.05) is 24.1 Å². The summed E-state index contributed by atoms with van der Waals surface area (Å²) in [5, 5.41) is 0. The van der Waals surface area contributed by atoms with Crippen LogP contribution in [-0.2, 0) is 0 Å². The Kier molecular flexibility index (Phi) is 4.82. The number of hydrogen-bond acceptors (Lipinski definition) is 2. The van der Waals surface area contributed by atoms with E-state index in [2.05, 4.69) is 37.9 Å². The lowest BCUT2D eigenvalue weighted by molar-refractivity contribution is -0.133. The van der Waals surface area contributed by atoms with Crippen molar-refractivity contribution in [2.45, 2.75) is 45.8 Å². The molecule has 1 aromatic carbocycles. The Hall–Kier alpha value is -2.30. The van der Waals surface area contributed by atoms with E-state index in [4.69, 9.17) is 0 Å². The van der Waals surface area contributed by atoms with Crippen molar-refractivity contribution in [2.75, 3.05) is 7.05 Å². The van der Waals surface area contributed by atoms with Crippen LogP contribution in [0.1, 0.15) is 35.1 Å². The fourth-order valence-electron chi connectivity index (χ4n) is 3.50. The minimum absolute atomic E-state index is 0.00689. The first-order valence-corrected chi connectivity index (χ1v) is 8.70. The van der Waals surface area contributed by atoms with E-state index < -0.39 is 12.6 Å². The molecule has 138 valence electrons. The molecule has 1 unspecified atom stereocenters.